The molecule has 3 aromatic rings. The van der Waals surface area contributed by atoms with Crippen LogP contribution in [0.1, 0.15) is 65.2 Å². The number of amides is 1. The number of rotatable bonds is 6. The van der Waals surface area contributed by atoms with Gasteiger partial charge in [-0.1, -0.05) is 29.8 Å². The van der Waals surface area contributed by atoms with Crippen molar-refractivity contribution >= 4 is 46.0 Å². The van der Waals surface area contributed by atoms with Gasteiger partial charge in [0.1, 0.15) is 17.5 Å². The van der Waals surface area contributed by atoms with Crippen LogP contribution in [0.3, 0.4) is 0 Å². The van der Waals surface area contributed by atoms with Crippen molar-refractivity contribution in [3.8, 4) is 0 Å². The van der Waals surface area contributed by atoms with E-state index in [1.54, 1.807) is 4.57 Å². The number of carbonyl (C=O) groups excluding carboxylic acids is 2. The number of fused-ring (bicyclic) bond motifs is 2. The van der Waals surface area contributed by atoms with E-state index >= 15 is 4.39 Å². The fourth-order valence-corrected chi connectivity index (χ4v) is 6.42. The van der Waals surface area contributed by atoms with Crippen molar-refractivity contribution in [2.24, 2.45) is 0 Å². The number of anilines is 1. The zero-order valence-corrected chi connectivity index (χ0v) is 23.2. The van der Waals surface area contributed by atoms with E-state index in [0.717, 1.165) is 35.6 Å². The lowest BCUT2D eigenvalue weighted by molar-refractivity contribution is -0.142. The summed E-state index contributed by atoms with van der Waals surface area (Å²) in [7, 11) is 0. The van der Waals surface area contributed by atoms with Gasteiger partial charge in [-0.05, 0) is 48.4 Å². The van der Waals surface area contributed by atoms with Crippen molar-refractivity contribution in [3.63, 3.8) is 0 Å². The molecule has 2 aromatic carbocycles. The number of nitrogens with zero attached hydrogens (tertiary/aromatic N) is 2. The van der Waals surface area contributed by atoms with E-state index in [1.807, 2.05) is 23.1 Å². The molecule has 1 saturated heterocycles. The van der Waals surface area contributed by atoms with Gasteiger partial charge in [-0.15, -0.1) is 0 Å². The molecule has 1 aromatic heterocycles. The highest BCUT2D eigenvalue weighted by molar-refractivity contribution is 6.38. The van der Waals surface area contributed by atoms with Gasteiger partial charge in [0, 0.05) is 38.7 Å². The zero-order valence-electron chi connectivity index (χ0n) is 22.4. The van der Waals surface area contributed by atoms with Crippen LogP contribution in [0, 0.1) is 5.82 Å². The van der Waals surface area contributed by atoms with Crippen molar-refractivity contribution in [3.05, 3.63) is 73.8 Å². The number of hydrogen-bond acceptors (Lipinski definition) is 6. The zero-order chi connectivity index (χ0) is 29.0. The third-order valence-corrected chi connectivity index (χ3v) is 8.61. The predicted octanol–water partition coefficient (Wildman–Crippen LogP) is 3.97. The number of esters is 1. The third kappa shape index (κ3) is 5.05. The molecule has 41 heavy (non-hydrogen) atoms. The molecule has 0 spiro atoms. The Morgan fingerprint density at radius 3 is 2.56 bits per heavy atom. The first-order chi connectivity index (χ1) is 19.6. The Labute approximate surface area is 239 Å². The second-order valence-corrected chi connectivity index (χ2v) is 11.4. The second kappa shape index (κ2) is 10.5. The van der Waals surface area contributed by atoms with E-state index < -0.39 is 28.7 Å². The molecule has 214 valence electrons. The standard InChI is InChI=1S/C30H29ClFN3O6/c1-15(36)33-13-20-11-21(30(40)41-20)18-3-2-16-6-8-34(9-7-17(16)10-18)27-24(32)12-22-26(25(27)31)35(19-4-5-19)14-23(28(22)37)29(38)39/h2-3,10,12,14,19-21H,4-9,11,13H2,1H3,(H,33,36)(H,38,39). The first-order valence-electron chi connectivity index (χ1n) is 13.7. The molecule has 0 bridgehead atoms. The average Bonchev–Trinajstić information content (AvgIpc) is 3.73. The average molecular weight is 582 g/mol. The van der Waals surface area contributed by atoms with Gasteiger partial charge in [-0.2, -0.15) is 0 Å². The summed E-state index contributed by atoms with van der Waals surface area (Å²) in [6.45, 7) is 2.64. The van der Waals surface area contributed by atoms with Crippen LogP contribution >= 0.6 is 11.6 Å². The molecule has 2 atom stereocenters. The van der Waals surface area contributed by atoms with E-state index in [4.69, 9.17) is 16.3 Å². The summed E-state index contributed by atoms with van der Waals surface area (Å²) in [5.74, 6) is -2.93. The number of cyclic esters (lactones) is 1. The van der Waals surface area contributed by atoms with Crippen LogP contribution < -0.4 is 15.6 Å². The minimum absolute atomic E-state index is 0.0129. The van der Waals surface area contributed by atoms with Crippen LogP contribution in [-0.4, -0.2) is 53.3 Å². The van der Waals surface area contributed by atoms with Gasteiger partial charge >= 0.3 is 11.9 Å². The maximum absolute atomic E-state index is 15.6. The minimum atomic E-state index is -1.36. The second-order valence-electron chi connectivity index (χ2n) is 11.0. The number of pyridine rings is 1. The SMILES string of the molecule is CC(=O)NCC1CC(c2ccc3c(c2)CCN(c2c(F)cc4c(=O)c(C(=O)O)cn(C5CC5)c4c2Cl)CC3)C(=O)O1. The van der Waals surface area contributed by atoms with Crippen molar-refractivity contribution in [2.45, 2.75) is 57.1 Å². The number of carbonyl (C=O) groups is 3. The lowest BCUT2D eigenvalue weighted by Gasteiger charge is -2.26. The molecule has 2 unspecified atom stereocenters. The number of halogens is 2. The summed E-state index contributed by atoms with van der Waals surface area (Å²) >= 11 is 6.85. The molecular weight excluding hydrogens is 553 g/mol. The molecule has 2 N–H and O–H groups in total. The molecule has 2 fully saturated rings. The molecule has 1 saturated carbocycles. The van der Waals surface area contributed by atoms with Crippen LogP contribution in [0.25, 0.3) is 10.9 Å². The third-order valence-electron chi connectivity index (χ3n) is 8.25. The van der Waals surface area contributed by atoms with Crippen LogP contribution in [0.5, 0.6) is 0 Å². The summed E-state index contributed by atoms with van der Waals surface area (Å²) in [6.07, 6.45) is 4.29. The van der Waals surface area contributed by atoms with Gasteiger partial charge < -0.3 is 24.6 Å². The van der Waals surface area contributed by atoms with Gasteiger partial charge in [-0.3, -0.25) is 14.4 Å². The van der Waals surface area contributed by atoms with Crippen molar-refractivity contribution in [1.29, 1.82) is 0 Å². The maximum atomic E-state index is 15.6. The Morgan fingerprint density at radius 2 is 1.88 bits per heavy atom. The molecule has 9 nitrogen and oxygen atoms in total. The predicted molar refractivity (Wildman–Crippen MR) is 150 cm³/mol. The monoisotopic (exact) mass is 581 g/mol. The molecule has 0 radical (unpaired) electrons. The summed E-state index contributed by atoms with van der Waals surface area (Å²) < 4.78 is 22.8. The minimum Gasteiger partial charge on any atom is -0.477 e. The number of benzene rings is 2. The molecule has 6 rings (SSSR count). The van der Waals surface area contributed by atoms with Crippen LogP contribution in [0.15, 0.2) is 35.3 Å². The van der Waals surface area contributed by atoms with Gasteiger partial charge in [0.05, 0.1) is 34.1 Å². The van der Waals surface area contributed by atoms with Gasteiger partial charge in [0.2, 0.25) is 11.3 Å². The van der Waals surface area contributed by atoms with E-state index in [-0.39, 0.29) is 46.7 Å². The van der Waals surface area contributed by atoms with Crippen molar-refractivity contribution in [1.82, 2.24) is 9.88 Å². The van der Waals surface area contributed by atoms with Gasteiger partial charge in [0.25, 0.3) is 0 Å². The van der Waals surface area contributed by atoms with E-state index in [2.05, 4.69) is 5.32 Å². The normalized spacial score (nSPS) is 20.5. The van der Waals surface area contributed by atoms with Crippen molar-refractivity contribution in [2.75, 3.05) is 24.5 Å². The lowest BCUT2D eigenvalue weighted by atomic mass is 9.91. The number of carboxylic acids is 1. The van der Waals surface area contributed by atoms with E-state index in [9.17, 15) is 24.3 Å². The molecule has 3 aliphatic rings. The summed E-state index contributed by atoms with van der Waals surface area (Å²) in [5.41, 5.74) is 2.41. The molecule has 11 heteroatoms. The van der Waals surface area contributed by atoms with Crippen LogP contribution in [0.2, 0.25) is 5.02 Å². The van der Waals surface area contributed by atoms with Gasteiger partial charge in [-0.25, -0.2) is 9.18 Å². The Balaban J connectivity index is 1.29. The topological polar surface area (TPSA) is 118 Å². The molecule has 3 heterocycles. The fourth-order valence-electron chi connectivity index (χ4n) is 6.01. The summed E-state index contributed by atoms with van der Waals surface area (Å²) in [4.78, 5) is 50.3. The summed E-state index contributed by atoms with van der Waals surface area (Å²) in [5, 5.41) is 12.3. The Kier molecular flexibility index (Phi) is 6.97. The fraction of sp³-hybridized carbons (Fsp3) is 0.400. The highest BCUT2D eigenvalue weighted by Gasteiger charge is 2.36. The first-order valence-corrected chi connectivity index (χ1v) is 14.1. The highest BCUT2D eigenvalue weighted by Crippen LogP contribution is 2.42. The summed E-state index contributed by atoms with van der Waals surface area (Å²) in [6, 6.07) is 7.07. The molecule has 2 aliphatic heterocycles. The molecular formula is C30H29ClFN3O6. The van der Waals surface area contributed by atoms with Gasteiger partial charge in [0.15, 0.2) is 0 Å². The Bertz CT molecular complexity index is 1670. The number of hydrogen-bond donors (Lipinski definition) is 2. The smallest absolute Gasteiger partial charge is 0.341 e. The molecule has 1 aliphatic carbocycles. The largest absolute Gasteiger partial charge is 0.477 e. The van der Waals surface area contributed by atoms with E-state index in [0.29, 0.717) is 37.9 Å². The van der Waals surface area contributed by atoms with E-state index in [1.165, 1.54) is 13.1 Å². The number of nitrogens with one attached hydrogen (secondary N) is 1. The number of aromatic carboxylic acids is 1. The quantitative estimate of drug-likeness (QED) is 0.423. The molecule has 1 amide bonds. The number of ether oxygens (including phenoxy) is 1. The Morgan fingerprint density at radius 1 is 1.15 bits per heavy atom. The number of carboxylic acid groups (broad SMARTS) is 1. The highest BCUT2D eigenvalue weighted by atomic mass is 35.5. The first kappa shape index (κ1) is 27.3. The number of aromatic nitrogens is 1. The maximum Gasteiger partial charge on any atom is 0.341 e. The van der Waals surface area contributed by atoms with Crippen LogP contribution in [-0.2, 0) is 27.2 Å². The lowest BCUT2D eigenvalue weighted by Crippen LogP contribution is -2.30. The van der Waals surface area contributed by atoms with Crippen molar-refractivity contribution < 1.29 is 28.6 Å². The van der Waals surface area contributed by atoms with Crippen LogP contribution in [0.4, 0.5) is 10.1 Å². The Hall–Kier alpha value is -3.92.